The summed E-state index contributed by atoms with van der Waals surface area (Å²) in [6.07, 6.45) is 0.836. The smallest absolute Gasteiger partial charge is 0.174 e. The van der Waals surface area contributed by atoms with E-state index in [9.17, 15) is 4.39 Å². The van der Waals surface area contributed by atoms with Gasteiger partial charge in [-0.15, -0.1) is 0 Å². The maximum Gasteiger partial charge on any atom is 0.174 e. The van der Waals surface area contributed by atoms with E-state index in [1.165, 1.54) is 17.6 Å². The fourth-order valence-corrected chi connectivity index (χ4v) is 3.38. The van der Waals surface area contributed by atoms with Crippen molar-refractivity contribution in [3.8, 4) is 0 Å². The number of nitrogens with zero attached hydrogens (tertiary/aromatic N) is 2. The highest BCUT2D eigenvalue weighted by atomic mass is 32.2. The Balaban J connectivity index is 2.17. The molecule has 3 nitrogen and oxygen atoms in total. The minimum Gasteiger partial charge on any atom is -0.310 e. The van der Waals surface area contributed by atoms with Crippen LogP contribution in [-0.2, 0) is 13.0 Å². The van der Waals surface area contributed by atoms with Crippen LogP contribution < -0.4 is 5.32 Å². The summed E-state index contributed by atoms with van der Waals surface area (Å²) < 4.78 is 18.6. The van der Waals surface area contributed by atoms with E-state index in [-0.39, 0.29) is 5.82 Å². The molecule has 0 fully saturated rings. The molecular formula is C14H18FN3S2. The maximum atomic E-state index is 13.4. The van der Waals surface area contributed by atoms with Crippen LogP contribution in [0.15, 0.2) is 27.4 Å². The number of halogens is 1. The molecule has 20 heavy (non-hydrogen) atoms. The molecule has 1 aromatic heterocycles. The second kappa shape index (κ2) is 7.15. The van der Waals surface area contributed by atoms with Crippen LogP contribution in [0.4, 0.5) is 4.39 Å². The molecule has 0 aliphatic rings. The lowest BCUT2D eigenvalue weighted by molar-refractivity contribution is 0.576. The van der Waals surface area contributed by atoms with Crippen LogP contribution in [-0.4, -0.2) is 15.4 Å². The van der Waals surface area contributed by atoms with Crippen LogP contribution in [0.2, 0.25) is 0 Å². The summed E-state index contributed by atoms with van der Waals surface area (Å²) in [6, 6.07) is 5.25. The van der Waals surface area contributed by atoms with Gasteiger partial charge in [-0.25, -0.2) is 9.37 Å². The molecule has 0 aliphatic heterocycles. The van der Waals surface area contributed by atoms with Crippen LogP contribution in [0, 0.1) is 5.82 Å². The average molecular weight is 311 g/mol. The fraction of sp³-hybridized carbons (Fsp3) is 0.429. The number of rotatable bonds is 6. The van der Waals surface area contributed by atoms with Crippen molar-refractivity contribution < 1.29 is 4.39 Å². The Bertz CT molecular complexity index is 569. The standard InChI is InChI=1S/C14H18FN3S2/c1-4-13-17-14(20-18-13)19-12-6-5-11(15)7-10(12)8-16-9(2)3/h5-7,9,16H,4,8H2,1-3H3. The van der Waals surface area contributed by atoms with Gasteiger partial charge in [0, 0.05) is 23.9 Å². The van der Waals surface area contributed by atoms with Gasteiger partial charge < -0.3 is 5.32 Å². The normalized spacial score (nSPS) is 11.2. The molecule has 0 spiro atoms. The van der Waals surface area contributed by atoms with Crippen molar-refractivity contribution in [3.63, 3.8) is 0 Å². The minimum atomic E-state index is -0.207. The molecule has 0 saturated carbocycles. The third-order valence-electron chi connectivity index (χ3n) is 2.69. The lowest BCUT2D eigenvalue weighted by Crippen LogP contribution is -2.22. The van der Waals surface area contributed by atoms with Gasteiger partial charge in [0.1, 0.15) is 11.6 Å². The molecule has 1 N–H and O–H groups in total. The molecule has 1 heterocycles. The molecule has 0 radical (unpaired) electrons. The quantitative estimate of drug-likeness (QED) is 0.878. The first-order valence-electron chi connectivity index (χ1n) is 6.60. The van der Waals surface area contributed by atoms with E-state index in [4.69, 9.17) is 0 Å². The van der Waals surface area contributed by atoms with Gasteiger partial charge >= 0.3 is 0 Å². The van der Waals surface area contributed by atoms with Gasteiger partial charge in [0.25, 0.3) is 0 Å². The van der Waals surface area contributed by atoms with Crippen molar-refractivity contribution in [2.24, 2.45) is 0 Å². The lowest BCUT2D eigenvalue weighted by Gasteiger charge is -2.11. The molecule has 0 atom stereocenters. The van der Waals surface area contributed by atoms with Gasteiger partial charge in [-0.3, -0.25) is 0 Å². The Morgan fingerprint density at radius 2 is 2.20 bits per heavy atom. The summed E-state index contributed by atoms with van der Waals surface area (Å²) in [5.41, 5.74) is 0.956. The highest BCUT2D eigenvalue weighted by molar-refractivity contribution is 8.01. The van der Waals surface area contributed by atoms with Crippen molar-refractivity contribution in [1.29, 1.82) is 0 Å². The Morgan fingerprint density at radius 1 is 1.40 bits per heavy atom. The SMILES string of the molecule is CCc1nsc(Sc2ccc(F)cc2CNC(C)C)n1. The zero-order chi connectivity index (χ0) is 14.5. The van der Waals surface area contributed by atoms with Gasteiger partial charge in [-0.1, -0.05) is 32.5 Å². The summed E-state index contributed by atoms with van der Waals surface area (Å²) in [4.78, 5) is 5.47. The van der Waals surface area contributed by atoms with Crippen molar-refractivity contribution in [2.45, 2.75) is 49.0 Å². The number of benzene rings is 1. The second-order valence-electron chi connectivity index (χ2n) is 4.72. The van der Waals surface area contributed by atoms with Gasteiger partial charge in [0.05, 0.1) is 0 Å². The molecule has 2 aromatic rings. The van der Waals surface area contributed by atoms with Gasteiger partial charge in [-0.05, 0) is 35.3 Å². The second-order valence-corrected chi connectivity index (χ2v) is 6.76. The Labute approximate surface area is 127 Å². The van der Waals surface area contributed by atoms with E-state index >= 15 is 0 Å². The van der Waals surface area contributed by atoms with Crippen molar-refractivity contribution in [1.82, 2.24) is 14.7 Å². The van der Waals surface area contributed by atoms with E-state index in [1.54, 1.807) is 17.8 Å². The summed E-state index contributed by atoms with van der Waals surface area (Å²) in [7, 11) is 0. The highest BCUT2D eigenvalue weighted by Crippen LogP contribution is 2.32. The maximum absolute atomic E-state index is 13.4. The molecule has 0 unspecified atom stereocenters. The van der Waals surface area contributed by atoms with Crippen molar-refractivity contribution in [2.75, 3.05) is 0 Å². The van der Waals surface area contributed by atoms with E-state index in [1.807, 2.05) is 13.0 Å². The molecule has 0 amide bonds. The fourth-order valence-electron chi connectivity index (χ4n) is 1.62. The van der Waals surface area contributed by atoms with E-state index < -0.39 is 0 Å². The average Bonchev–Trinajstić information content (AvgIpc) is 2.86. The lowest BCUT2D eigenvalue weighted by atomic mass is 10.2. The minimum absolute atomic E-state index is 0.207. The molecule has 0 bridgehead atoms. The molecular weight excluding hydrogens is 293 g/mol. The third kappa shape index (κ3) is 4.26. The van der Waals surface area contributed by atoms with Crippen LogP contribution >= 0.6 is 23.3 Å². The Kier molecular flexibility index (Phi) is 5.51. The third-order valence-corrected chi connectivity index (χ3v) is 4.59. The molecule has 1 aromatic carbocycles. The van der Waals surface area contributed by atoms with Crippen molar-refractivity contribution >= 4 is 23.3 Å². The molecule has 6 heteroatoms. The molecule has 108 valence electrons. The van der Waals surface area contributed by atoms with Crippen LogP contribution in [0.5, 0.6) is 0 Å². The summed E-state index contributed by atoms with van der Waals surface area (Å²) in [5.74, 6) is 0.655. The van der Waals surface area contributed by atoms with E-state index in [0.717, 1.165) is 27.0 Å². The van der Waals surface area contributed by atoms with Gasteiger partial charge in [0.15, 0.2) is 4.34 Å². The van der Waals surface area contributed by atoms with Gasteiger partial charge in [0.2, 0.25) is 0 Å². The molecule has 0 aliphatic carbocycles. The number of hydrogen-bond acceptors (Lipinski definition) is 5. The molecule has 0 saturated heterocycles. The van der Waals surface area contributed by atoms with Crippen LogP contribution in [0.1, 0.15) is 32.2 Å². The van der Waals surface area contributed by atoms with Crippen LogP contribution in [0.25, 0.3) is 0 Å². The number of nitrogens with one attached hydrogen (secondary N) is 1. The number of aryl methyl sites for hydroxylation is 1. The van der Waals surface area contributed by atoms with Gasteiger partial charge in [-0.2, -0.15) is 4.37 Å². The first kappa shape index (κ1) is 15.4. The Hall–Kier alpha value is -0.980. The summed E-state index contributed by atoms with van der Waals surface area (Å²) in [5, 5.41) is 3.32. The van der Waals surface area contributed by atoms with E-state index in [2.05, 4.69) is 28.5 Å². The number of aromatic nitrogens is 2. The Morgan fingerprint density at radius 3 is 2.85 bits per heavy atom. The topological polar surface area (TPSA) is 37.8 Å². The first-order chi connectivity index (χ1) is 9.58. The van der Waals surface area contributed by atoms with Crippen molar-refractivity contribution in [3.05, 3.63) is 35.4 Å². The first-order valence-corrected chi connectivity index (χ1v) is 8.19. The summed E-state index contributed by atoms with van der Waals surface area (Å²) in [6.45, 7) is 6.83. The van der Waals surface area contributed by atoms with E-state index in [0.29, 0.717) is 12.6 Å². The largest absolute Gasteiger partial charge is 0.310 e. The summed E-state index contributed by atoms with van der Waals surface area (Å²) >= 11 is 2.94. The van der Waals surface area contributed by atoms with Crippen LogP contribution in [0.3, 0.4) is 0 Å². The molecule has 2 rings (SSSR count). The zero-order valence-corrected chi connectivity index (χ0v) is 13.4. The predicted octanol–water partition coefficient (Wildman–Crippen LogP) is 3.89. The number of hydrogen-bond donors (Lipinski definition) is 1. The predicted molar refractivity (Wildman–Crippen MR) is 81.8 cm³/mol. The highest BCUT2D eigenvalue weighted by Gasteiger charge is 2.10. The monoisotopic (exact) mass is 311 g/mol. The zero-order valence-electron chi connectivity index (χ0n) is 11.8.